The number of hydrogen-bond acceptors (Lipinski definition) is 8. The molecule has 0 unspecified atom stereocenters. The Hall–Kier alpha value is -3.50. The van der Waals surface area contributed by atoms with Crippen LogP contribution in [-0.4, -0.2) is 68.9 Å². The molecule has 0 atom stereocenters. The number of ketones is 1. The highest BCUT2D eigenvalue weighted by atomic mass is 32.2. The van der Waals surface area contributed by atoms with Gasteiger partial charge >= 0.3 is 0 Å². The van der Waals surface area contributed by atoms with E-state index >= 15 is 0 Å². The number of carbonyl (C=O) groups excluding carboxylic acids is 3. The third-order valence-electron chi connectivity index (χ3n) is 5.43. The number of anilines is 2. The van der Waals surface area contributed by atoms with Crippen molar-refractivity contribution >= 4 is 57.4 Å². The largest absolute Gasteiger partial charge is 0.344 e. The molecule has 0 spiro atoms. The van der Waals surface area contributed by atoms with Crippen LogP contribution in [0.25, 0.3) is 17.2 Å². The second kappa shape index (κ2) is 9.63. The number of carbonyl (C=O) groups is 3. The molecule has 0 bridgehead atoms. The van der Waals surface area contributed by atoms with Gasteiger partial charge in [0.05, 0.1) is 16.7 Å². The molecule has 1 aliphatic heterocycles. The first-order valence-corrected chi connectivity index (χ1v) is 12.0. The standard InChI is InChI=1S/C25H28N6O3S/c1-25(2,3)21(32)17-13-26-22-20(17)29-19(14-27-22)28-16-8-6-15(7-9-16)12-18-23(33)31(24(34)35-18)11-10-30(4)5/h6-9,12-14H,10-11H2,1-5H3,(H,26,27)(H,28,29). The zero-order valence-corrected chi connectivity index (χ0v) is 21.2. The minimum Gasteiger partial charge on any atom is -0.344 e. The van der Waals surface area contributed by atoms with E-state index in [1.807, 2.05) is 64.0 Å². The number of imide groups is 1. The Balaban J connectivity index is 1.49. The number of benzene rings is 1. The van der Waals surface area contributed by atoms with E-state index in [0.29, 0.717) is 40.5 Å². The molecule has 0 radical (unpaired) electrons. The summed E-state index contributed by atoms with van der Waals surface area (Å²) in [5, 5.41) is 2.96. The van der Waals surface area contributed by atoms with Crippen LogP contribution in [0.3, 0.4) is 0 Å². The summed E-state index contributed by atoms with van der Waals surface area (Å²) in [7, 11) is 3.80. The number of H-pyrrole nitrogens is 1. The first-order chi connectivity index (χ1) is 16.5. The highest BCUT2D eigenvalue weighted by Crippen LogP contribution is 2.32. The van der Waals surface area contributed by atoms with E-state index in [0.717, 1.165) is 23.0 Å². The van der Waals surface area contributed by atoms with Gasteiger partial charge in [-0.2, -0.15) is 0 Å². The minimum atomic E-state index is -0.530. The Bertz CT molecular complexity index is 1320. The molecule has 0 aliphatic carbocycles. The zero-order valence-electron chi connectivity index (χ0n) is 20.4. The Morgan fingerprint density at radius 2 is 1.91 bits per heavy atom. The van der Waals surface area contributed by atoms with Crippen LogP contribution < -0.4 is 5.32 Å². The summed E-state index contributed by atoms with van der Waals surface area (Å²) in [6, 6.07) is 7.42. The normalized spacial score (nSPS) is 15.6. The third kappa shape index (κ3) is 5.44. The number of Topliss-reactive ketones (excluding diaryl/α,β-unsaturated/α-hetero) is 1. The van der Waals surface area contributed by atoms with Gasteiger partial charge in [0.15, 0.2) is 11.4 Å². The van der Waals surface area contributed by atoms with Gasteiger partial charge in [-0.05, 0) is 49.6 Å². The molecule has 4 rings (SSSR count). The summed E-state index contributed by atoms with van der Waals surface area (Å²) in [5.41, 5.74) is 2.64. The minimum absolute atomic E-state index is 0.00863. The number of aromatic amines is 1. The first kappa shape index (κ1) is 24.6. The lowest BCUT2D eigenvalue weighted by Crippen LogP contribution is -2.34. The Morgan fingerprint density at radius 3 is 2.57 bits per heavy atom. The molecule has 3 heterocycles. The van der Waals surface area contributed by atoms with Gasteiger partial charge in [-0.25, -0.2) is 9.97 Å². The molecular formula is C25H28N6O3S. The number of amides is 2. The number of thioether (sulfide) groups is 1. The molecule has 9 nitrogen and oxygen atoms in total. The van der Waals surface area contributed by atoms with E-state index in [4.69, 9.17) is 0 Å². The maximum Gasteiger partial charge on any atom is 0.293 e. The Labute approximate surface area is 208 Å². The number of aromatic nitrogens is 3. The lowest BCUT2D eigenvalue weighted by Gasteiger charge is -2.15. The fourth-order valence-electron chi connectivity index (χ4n) is 3.48. The second-order valence-electron chi connectivity index (χ2n) is 9.62. The summed E-state index contributed by atoms with van der Waals surface area (Å²) in [6.45, 7) is 6.60. The lowest BCUT2D eigenvalue weighted by atomic mass is 9.87. The van der Waals surface area contributed by atoms with Crippen molar-refractivity contribution < 1.29 is 14.4 Å². The van der Waals surface area contributed by atoms with Crippen molar-refractivity contribution in [2.24, 2.45) is 5.41 Å². The number of rotatable bonds is 7. The van der Waals surface area contributed by atoms with Gasteiger partial charge < -0.3 is 15.2 Å². The fourth-order valence-corrected chi connectivity index (χ4v) is 4.35. The van der Waals surface area contributed by atoms with E-state index in [1.54, 1.807) is 18.5 Å². The average molecular weight is 493 g/mol. The quantitative estimate of drug-likeness (QED) is 0.366. The van der Waals surface area contributed by atoms with E-state index < -0.39 is 5.41 Å². The lowest BCUT2D eigenvalue weighted by molar-refractivity contribution is -0.122. The molecule has 2 aromatic heterocycles. The van der Waals surface area contributed by atoms with Crippen molar-refractivity contribution in [1.82, 2.24) is 24.8 Å². The highest BCUT2D eigenvalue weighted by Gasteiger charge is 2.34. The van der Waals surface area contributed by atoms with Crippen LogP contribution >= 0.6 is 11.8 Å². The van der Waals surface area contributed by atoms with Gasteiger partial charge in [0.1, 0.15) is 11.3 Å². The summed E-state index contributed by atoms with van der Waals surface area (Å²) in [6.07, 6.45) is 4.97. The summed E-state index contributed by atoms with van der Waals surface area (Å²) in [5.74, 6) is 0.236. The molecule has 2 amide bonds. The Morgan fingerprint density at radius 1 is 1.20 bits per heavy atom. The maximum atomic E-state index is 12.8. The molecule has 1 fully saturated rings. The molecule has 0 saturated carbocycles. The topological polar surface area (TPSA) is 111 Å². The highest BCUT2D eigenvalue weighted by molar-refractivity contribution is 8.18. The predicted molar refractivity (Wildman–Crippen MR) is 139 cm³/mol. The van der Waals surface area contributed by atoms with Gasteiger partial charge in [0.2, 0.25) is 0 Å². The van der Waals surface area contributed by atoms with E-state index in [-0.39, 0.29) is 16.9 Å². The monoisotopic (exact) mass is 492 g/mol. The molecule has 1 saturated heterocycles. The summed E-state index contributed by atoms with van der Waals surface area (Å²) in [4.78, 5) is 53.2. The number of hydrogen-bond donors (Lipinski definition) is 2. The van der Waals surface area contributed by atoms with E-state index in [1.165, 1.54) is 4.90 Å². The van der Waals surface area contributed by atoms with E-state index in [9.17, 15) is 14.4 Å². The van der Waals surface area contributed by atoms with Crippen LogP contribution in [0.15, 0.2) is 41.6 Å². The van der Waals surface area contributed by atoms with Crippen LogP contribution in [0.2, 0.25) is 0 Å². The molecule has 2 N–H and O–H groups in total. The second-order valence-corrected chi connectivity index (χ2v) is 10.6. The first-order valence-electron chi connectivity index (χ1n) is 11.2. The number of fused-ring (bicyclic) bond motifs is 1. The smallest absolute Gasteiger partial charge is 0.293 e. The molecule has 182 valence electrons. The number of nitrogens with one attached hydrogen (secondary N) is 2. The van der Waals surface area contributed by atoms with Crippen LogP contribution in [-0.2, 0) is 4.79 Å². The molecule has 10 heteroatoms. The van der Waals surface area contributed by atoms with Crippen LogP contribution in [0.1, 0.15) is 36.7 Å². The summed E-state index contributed by atoms with van der Waals surface area (Å²) >= 11 is 0.958. The van der Waals surface area contributed by atoms with Gasteiger partial charge in [-0.15, -0.1) is 0 Å². The van der Waals surface area contributed by atoms with Crippen LogP contribution in [0.5, 0.6) is 0 Å². The Kier molecular flexibility index (Phi) is 6.77. The van der Waals surface area contributed by atoms with Crippen molar-refractivity contribution in [2.75, 3.05) is 32.5 Å². The molecule has 3 aromatic rings. The SMILES string of the molecule is CN(C)CCN1C(=O)SC(=Cc2ccc(Nc3cnc4[nH]cc(C(=O)C(C)(C)C)c4n3)cc2)C1=O. The van der Waals surface area contributed by atoms with Gasteiger partial charge in [0, 0.05) is 30.4 Å². The molecule has 1 aliphatic rings. The zero-order chi connectivity index (χ0) is 25.3. The van der Waals surface area contributed by atoms with Crippen molar-refractivity contribution in [1.29, 1.82) is 0 Å². The van der Waals surface area contributed by atoms with E-state index in [2.05, 4.69) is 20.3 Å². The van der Waals surface area contributed by atoms with Crippen molar-refractivity contribution in [3.63, 3.8) is 0 Å². The third-order valence-corrected chi connectivity index (χ3v) is 6.34. The van der Waals surface area contributed by atoms with Gasteiger partial charge in [-0.3, -0.25) is 19.3 Å². The number of likely N-dealkylation sites (N-methyl/N-ethyl adjacent to an activating group) is 1. The number of nitrogens with zero attached hydrogens (tertiary/aromatic N) is 4. The van der Waals surface area contributed by atoms with Gasteiger partial charge in [-0.1, -0.05) is 32.9 Å². The average Bonchev–Trinajstić information content (AvgIpc) is 3.32. The van der Waals surface area contributed by atoms with Crippen molar-refractivity contribution in [2.45, 2.75) is 20.8 Å². The predicted octanol–water partition coefficient (Wildman–Crippen LogP) is 4.53. The van der Waals surface area contributed by atoms with Crippen molar-refractivity contribution in [3.05, 3.63) is 52.7 Å². The van der Waals surface area contributed by atoms with Crippen LogP contribution in [0, 0.1) is 5.41 Å². The summed E-state index contributed by atoms with van der Waals surface area (Å²) < 4.78 is 0. The molecule has 1 aromatic carbocycles. The maximum absolute atomic E-state index is 12.8. The van der Waals surface area contributed by atoms with Gasteiger partial charge in [0.25, 0.3) is 11.1 Å². The molecule has 35 heavy (non-hydrogen) atoms. The molecular weight excluding hydrogens is 464 g/mol. The van der Waals surface area contributed by atoms with Crippen molar-refractivity contribution in [3.8, 4) is 0 Å². The van der Waals surface area contributed by atoms with Crippen LogP contribution in [0.4, 0.5) is 16.3 Å². The fraction of sp³-hybridized carbons (Fsp3) is 0.320.